The number of carbonyl (C=O) groups excluding carboxylic acids is 1. The van der Waals surface area contributed by atoms with E-state index in [1.165, 1.54) is 18.0 Å². The number of ketones is 1. The van der Waals surface area contributed by atoms with E-state index in [0.717, 1.165) is 0 Å². The Morgan fingerprint density at radius 1 is 1.41 bits per heavy atom. The summed E-state index contributed by atoms with van der Waals surface area (Å²) in [6.07, 6.45) is 1.41. The number of carboxylic acids is 1. The molecule has 0 aliphatic heterocycles. The van der Waals surface area contributed by atoms with E-state index in [1.807, 2.05) is 6.92 Å². The minimum Gasteiger partial charge on any atom is -0.497 e. The van der Waals surface area contributed by atoms with Gasteiger partial charge in [0.25, 0.3) is 5.56 Å². The van der Waals surface area contributed by atoms with Crippen molar-refractivity contribution in [3.8, 4) is 5.75 Å². The van der Waals surface area contributed by atoms with Gasteiger partial charge in [-0.15, -0.1) is 0 Å². The number of benzene rings is 1. The van der Waals surface area contributed by atoms with Crippen LogP contribution in [0.4, 0.5) is 4.39 Å². The van der Waals surface area contributed by atoms with Gasteiger partial charge in [0, 0.05) is 6.54 Å². The van der Waals surface area contributed by atoms with Gasteiger partial charge in [-0.1, -0.05) is 6.92 Å². The number of fused-ring (bicyclic) bond motifs is 1. The SMILES string of the molecule is CC[C@@H](CNC(CC(=O)O)C(=O)CF)n1cnc2ccc(OC)cc2c1=O. The molecule has 0 saturated carbocycles. The fourth-order valence-electron chi connectivity index (χ4n) is 2.79. The molecule has 0 spiro atoms. The van der Waals surface area contributed by atoms with Crippen LogP contribution in [0.15, 0.2) is 29.3 Å². The number of hydrogen-bond donors (Lipinski definition) is 2. The van der Waals surface area contributed by atoms with Crippen molar-refractivity contribution < 1.29 is 23.8 Å². The maximum Gasteiger partial charge on any atom is 0.305 e. The zero-order chi connectivity index (χ0) is 20.0. The molecule has 1 aromatic carbocycles. The van der Waals surface area contributed by atoms with Gasteiger partial charge in [0.05, 0.1) is 42.8 Å². The highest BCUT2D eigenvalue weighted by Gasteiger charge is 2.23. The number of aliphatic carboxylic acids is 1. The molecule has 27 heavy (non-hydrogen) atoms. The average molecular weight is 379 g/mol. The molecule has 9 heteroatoms. The van der Waals surface area contributed by atoms with Gasteiger partial charge in [-0.25, -0.2) is 9.37 Å². The Labute approximate surface area is 155 Å². The summed E-state index contributed by atoms with van der Waals surface area (Å²) in [7, 11) is 1.50. The van der Waals surface area contributed by atoms with Crippen LogP contribution in [0.1, 0.15) is 25.8 Å². The van der Waals surface area contributed by atoms with Gasteiger partial charge in [-0.3, -0.25) is 19.0 Å². The molecule has 1 heterocycles. The van der Waals surface area contributed by atoms with Crippen LogP contribution < -0.4 is 15.6 Å². The Balaban J connectivity index is 2.28. The monoisotopic (exact) mass is 379 g/mol. The smallest absolute Gasteiger partial charge is 0.305 e. The molecule has 2 aromatic rings. The van der Waals surface area contributed by atoms with Crippen molar-refractivity contribution in [2.45, 2.75) is 31.8 Å². The van der Waals surface area contributed by atoms with E-state index in [-0.39, 0.29) is 18.1 Å². The second-order valence-corrected chi connectivity index (χ2v) is 6.06. The van der Waals surface area contributed by atoms with Crippen molar-refractivity contribution in [1.82, 2.24) is 14.9 Å². The summed E-state index contributed by atoms with van der Waals surface area (Å²) in [6.45, 7) is 0.716. The van der Waals surface area contributed by atoms with Crippen molar-refractivity contribution in [3.05, 3.63) is 34.9 Å². The highest BCUT2D eigenvalue weighted by atomic mass is 19.1. The first-order chi connectivity index (χ1) is 12.9. The summed E-state index contributed by atoms with van der Waals surface area (Å²) in [6, 6.07) is 3.45. The van der Waals surface area contributed by atoms with Crippen LogP contribution in [0, 0.1) is 0 Å². The maximum absolute atomic E-state index is 12.8. The number of alkyl halides is 1. The Morgan fingerprint density at radius 3 is 2.74 bits per heavy atom. The topological polar surface area (TPSA) is 111 Å². The third-order valence-corrected chi connectivity index (χ3v) is 4.35. The zero-order valence-electron chi connectivity index (χ0n) is 15.1. The lowest BCUT2D eigenvalue weighted by Crippen LogP contribution is -2.43. The number of aromatic nitrogens is 2. The van der Waals surface area contributed by atoms with Crippen molar-refractivity contribution in [3.63, 3.8) is 0 Å². The van der Waals surface area contributed by atoms with Gasteiger partial charge in [-0.2, -0.15) is 0 Å². The first-order valence-corrected chi connectivity index (χ1v) is 8.50. The van der Waals surface area contributed by atoms with E-state index >= 15 is 0 Å². The van der Waals surface area contributed by atoms with Crippen molar-refractivity contribution >= 4 is 22.7 Å². The Hall–Kier alpha value is -2.81. The molecule has 0 aliphatic carbocycles. The summed E-state index contributed by atoms with van der Waals surface area (Å²) in [4.78, 5) is 39.6. The summed E-state index contributed by atoms with van der Waals surface area (Å²) < 4.78 is 19.2. The number of nitrogens with one attached hydrogen (secondary N) is 1. The molecule has 8 nitrogen and oxygen atoms in total. The minimum absolute atomic E-state index is 0.122. The number of rotatable bonds is 10. The number of ether oxygens (including phenoxy) is 1. The van der Waals surface area contributed by atoms with Crippen LogP contribution in [-0.2, 0) is 9.59 Å². The molecule has 2 N–H and O–H groups in total. The molecule has 0 radical (unpaired) electrons. The van der Waals surface area contributed by atoms with E-state index in [0.29, 0.717) is 23.1 Å². The molecule has 0 fully saturated rings. The van der Waals surface area contributed by atoms with Crippen LogP contribution in [0.25, 0.3) is 10.9 Å². The van der Waals surface area contributed by atoms with Crippen molar-refractivity contribution in [1.29, 1.82) is 0 Å². The summed E-state index contributed by atoms with van der Waals surface area (Å²) in [5.74, 6) is -1.51. The summed E-state index contributed by atoms with van der Waals surface area (Å²) in [5, 5.41) is 12.0. The molecule has 1 unspecified atom stereocenters. The second kappa shape index (κ2) is 9.22. The predicted molar refractivity (Wildman–Crippen MR) is 96.9 cm³/mol. The molecule has 146 valence electrons. The third kappa shape index (κ3) is 4.88. The van der Waals surface area contributed by atoms with Gasteiger partial charge in [-0.05, 0) is 24.6 Å². The molecule has 0 aliphatic rings. The predicted octanol–water partition coefficient (Wildman–Crippen LogP) is 1.33. The lowest BCUT2D eigenvalue weighted by Gasteiger charge is -2.22. The Bertz CT molecular complexity index is 883. The summed E-state index contributed by atoms with van der Waals surface area (Å²) in [5.41, 5.74) is 0.246. The van der Waals surface area contributed by atoms with Crippen LogP contribution in [-0.4, -0.2) is 52.8 Å². The second-order valence-electron chi connectivity index (χ2n) is 6.06. The molecule has 0 bridgehead atoms. The molecule has 0 amide bonds. The first kappa shape index (κ1) is 20.5. The molecule has 0 saturated heterocycles. The van der Waals surface area contributed by atoms with E-state index < -0.39 is 30.9 Å². The molecule has 1 aromatic heterocycles. The minimum atomic E-state index is -1.25. The van der Waals surface area contributed by atoms with E-state index in [1.54, 1.807) is 18.2 Å². The molecule has 2 atom stereocenters. The van der Waals surface area contributed by atoms with Gasteiger partial charge in [0.15, 0.2) is 5.78 Å². The quantitative estimate of drug-likeness (QED) is 0.641. The zero-order valence-corrected chi connectivity index (χ0v) is 15.1. The van der Waals surface area contributed by atoms with Crippen LogP contribution >= 0.6 is 0 Å². The number of carboxylic acid groups (broad SMARTS) is 1. The van der Waals surface area contributed by atoms with Gasteiger partial charge < -0.3 is 15.2 Å². The third-order valence-electron chi connectivity index (χ3n) is 4.35. The molecule has 2 rings (SSSR count). The van der Waals surface area contributed by atoms with Crippen molar-refractivity contribution in [2.24, 2.45) is 0 Å². The lowest BCUT2D eigenvalue weighted by atomic mass is 10.1. The van der Waals surface area contributed by atoms with E-state index in [4.69, 9.17) is 9.84 Å². The Kier molecular flexibility index (Phi) is 7.00. The lowest BCUT2D eigenvalue weighted by molar-refractivity contribution is -0.139. The molecular formula is C18H22FN3O5. The first-order valence-electron chi connectivity index (χ1n) is 8.50. The highest BCUT2D eigenvalue weighted by Crippen LogP contribution is 2.17. The number of carbonyl (C=O) groups is 2. The number of Topliss-reactive ketones (excluding diaryl/α,β-unsaturated/α-hetero) is 1. The van der Waals surface area contributed by atoms with Crippen molar-refractivity contribution in [2.75, 3.05) is 20.3 Å². The highest BCUT2D eigenvalue weighted by molar-refractivity contribution is 5.88. The normalized spacial score (nSPS) is 13.3. The number of nitrogens with zero attached hydrogens (tertiary/aromatic N) is 2. The van der Waals surface area contributed by atoms with E-state index in [2.05, 4.69) is 10.3 Å². The Morgan fingerprint density at radius 2 is 2.15 bits per heavy atom. The maximum atomic E-state index is 12.8. The van der Waals surface area contributed by atoms with Gasteiger partial charge in [0.1, 0.15) is 12.4 Å². The molecular weight excluding hydrogens is 357 g/mol. The average Bonchev–Trinajstić information content (AvgIpc) is 2.67. The van der Waals surface area contributed by atoms with Crippen LogP contribution in [0.2, 0.25) is 0 Å². The van der Waals surface area contributed by atoms with Crippen LogP contribution in [0.3, 0.4) is 0 Å². The fourth-order valence-corrected chi connectivity index (χ4v) is 2.79. The van der Waals surface area contributed by atoms with E-state index in [9.17, 15) is 18.8 Å². The number of methoxy groups -OCH3 is 1. The van der Waals surface area contributed by atoms with Crippen LogP contribution in [0.5, 0.6) is 5.75 Å². The number of hydrogen-bond acceptors (Lipinski definition) is 6. The summed E-state index contributed by atoms with van der Waals surface area (Å²) >= 11 is 0. The number of halogens is 1. The van der Waals surface area contributed by atoms with Gasteiger partial charge in [0.2, 0.25) is 0 Å². The van der Waals surface area contributed by atoms with Gasteiger partial charge >= 0.3 is 5.97 Å². The fraction of sp³-hybridized carbons (Fsp3) is 0.444. The largest absolute Gasteiger partial charge is 0.497 e. The standard InChI is InChI=1S/C18H22FN3O5/c1-3-11(9-20-15(7-17(24)25)16(23)8-19)22-10-21-14-5-4-12(27-2)6-13(14)18(22)26/h4-6,10-11,15,20H,3,7-9H2,1-2H3,(H,24,25)/t11-,15?/m0/s1.